The van der Waals surface area contributed by atoms with Crippen LogP contribution in [0.3, 0.4) is 0 Å². The molecule has 0 saturated carbocycles. The van der Waals surface area contributed by atoms with Crippen LogP contribution in [-0.2, 0) is 0 Å². The van der Waals surface area contributed by atoms with Crippen LogP contribution in [0.2, 0.25) is 0 Å². The first-order chi connectivity index (χ1) is 10.1. The molecule has 3 heteroatoms. The summed E-state index contributed by atoms with van der Waals surface area (Å²) in [6, 6.07) is 13.1. The van der Waals surface area contributed by atoms with Gasteiger partial charge in [-0.05, 0) is 49.2 Å². The van der Waals surface area contributed by atoms with Crippen LogP contribution in [0.1, 0.15) is 27.0 Å². The van der Waals surface area contributed by atoms with E-state index in [4.69, 9.17) is 5.73 Å². The molecule has 0 bridgehead atoms. The van der Waals surface area contributed by atoms with Crippen LogP contribution >= 0.6 is 0 Å². The lowest BCUT2D eigenvalue weighted by Gasteiger charge is -2.10. The average Bonchev–Trinajstić information content (AvgIpc) is 2.50. The minimum Gasteiger partial charge on any atom is -0.322 e. The van der Waals surface area contributed by atoms with Crippen LogP contribution in [-0.4, -0.2) is 12.5 Å². The SMILES string of the molecule is Cc1cccc(NC(=O)c2cccc(C#CCN)c2)c1C. The third kappa shape index (κ3) is 3.71. The maximum Gasteiger partial charge on any atom is 0.255 e. The van der Waals surface area contributed by atoms with Crippen molar-refractivity contribution in [2.75, 3.05) is 11.9 Å². The Bertz CT molecular complexity index is 723. The third-order valence-electron chi connectivity index (χ3n) is 3.31. The highest BCUT2D eigenvalue weighted by Crippen LogP contribution is 2.19. The van der Waals surface area contributed by atoms with Crippen molar-refractivity contribution >= 4 is 11.6 Å². The molecule has 1 amide bonds. The molecule has 21 heavy (non-hydrogen) atoms. The van der Waals surface area contributed by atoms with Crippen LogP contribution in [0.5, 0.6) is 0 Å². The summed E-state index contributed by atoms with van der Waals surface area (Å²) in [5.41, 5.74) is 9.78. The molecule has 0 fully saturated rings. The number of nitrogens with one attached hydrogen (secondary N) is 1. The van der Waals surface area contributed by atoms with Gasteiger partial charge in [0.25, 0.3) is 5.91 Å². The second kappa shape index (κ2) is 6.74. The third-order valence-corrected chi connectivity index (χ3v) is 3.31. The first-order valence-corrected chi connectivity index (χ1v) is 6.78. The molecule has 0 aliphatic heterocycles. The van der Waals surface area contributed by atoms with Gasteiger partial charge in [-0.2, -0.15) is 0 Å². The summed E-state index contributed by atoms with van der Waals surface area (Å²) in [6.07, 6.45) is 0. The van der Waals surface area contributed by atoms with Gasteiger partial charge in [0.1, 0.15) is 0 Å². The lowest BCUT2D eigenvalue weighted by atomic mass is 10.1. The minimum atomic E-state index is -0.139. The molecule has 3 N–H and O–H groups in total. The Morgan fingerprint density at radius 3 is 2.71 bits per heavy atom. The van der Waals surface area contributed by atoms with E-state index in [2.05, 4.69) is 17.2 Å². The lowest BCUT2D eigenvalue weighted by molar-refractivity contribution is 0.102. The molecule has 0 spiro atoms. The van der Waals surface area contributed by atoms with E-state index in [0.717, 1.165) is 22.4 Å². The Morgan fingerprint density at radius 2 is 1.95 bits per heavy atom. The molecule has 2 aromatic carbocycles. The first-order valence-electron chi connectivity index (χ1n) is 6.78. The van der Waals surface area contributed by atoms with Crippen LogP contribution < -0.4 is 11.1 Å². The lowest BCUT2D eigenvalue weighted by Crippen LogP contribution is -2.13. The van der Waals surface area contributed by atoms with Crippen LogP contribution in [0.4, 0.5) is 5.69 Å². The summed E-state index contributed by atoms with van der Waals surface area (Å²) in [4.78, 5) is 12.3. The second-order valence-corrected chi connectivity index (χ2v) is 4.79. The highest BCUT2D eigenvalue weighted by molar-refractivity contribution is 6.04. The van der Waals surface area contributed by atoms with Crippen molar-refractivity contribution < 1.29 is 4.79 Å². The number of benzene rings is 2. The summed E-state index contributed by atoms with van der Waals surface area (Å²) in [6.45, 7) is 4.32. The average molecular weight is 278 g/mol. The zero-order chi connectivity index (χ0) is 15.2. The molecule has 2 rings (SSSR count). The predicted molar refractivity (Wildman–Crippen MR) is 86.2 cm³/mol. The normalized spacial score (nSPS) is 9.67. The van der Waals surface area contributed by atoms with E-state index in [0.29, 0.717) is 12.1 Å². The molecule has 0 aromatic heterocycles. The molecule has 0 atom stereocenters. The molecule has 3 nitrogen and oxygen atoms in total. The minimum absolute atomic E-state index is 0.139. The van der Waals surface area contributed by atoms with Crippen molar-refractivity contribution in [2.24, 2.45) is 5.73 Å². The Balaban J connectivity index is 2.22. The molecular formula is C18H18N2O. The number of carbonyl (C=O) groups is 1. The second-order valence-electron chi connectivity index (χ2n) is 4.79. The van der Waals surface area contributed by atoms with Gasteiger partial charge in [0.2, 0.25) is 0 Å². The Hall–Kier alpha value is -2.57. The highest BCUT2D eigenvalue weighted by atomic mass is 16.1. The standard InChI is InChI=1S/C18H18N2O/c1-13-6-3-10-17(14(13)2)20-18(21)16-9-4-7-15(12-16)8-5-11-19/h3-4,6-7,9-10,12H,11,19H2,1-2H3,(H,20,21). The maximum atomic E-state index is 12.3. The highest BCUT2D eigenvalue weighted by Gasteiger charge is 2.08. The topological polar surface area (TPSA) is 55.1 Å². The molecule has 0 heterocycles. The zero-order valence-corrected chi connectivity index (χ0v) is 12.2. The van der Waals surface area contributed by atoms with Crippen molar-refractivity contribution in [1.82, 2.24) is 0 Å². The van der Waals surface area contributed by atoms with E-state index in [1.807, 2.05) is 44.2 Å². The van der Waals surface area contributed by atoms with E-state index in [1.54, 1.807) is 12.1 Å². The van der Waals surface area contributed by atoms with Crippen LogP contribution in [0.15, 0.2) is 42.5 Å². The summed E-state index contributed by atoms with van der Waals surface area (Å²) >= 11 is 0. The van der Waals surface area contributed by atoms with Crippen molar-refractivity contribution in [2.45, 2.75) is 13.8 Å². The number of carbonyl (C=O) groups excluding carboxylic acids is 1. The molecule has 0 aliphatic carbocycles. The monoisotopic (exact) mass is 278 g/mol. The fourth-order valence-corrected chi connectivity index (χ4v) is 1.97. The number of amides is 1. The first kappa shape index (κ1) is 14.8. The number of nitrogens with two attached hydrogens (primary N) is 1. The van der Waals surface area contributed by atoms with Crippen molar-refractivity contribution in [3.8, 4) is 11.8 Å². The summed E-state index contributed by atoms with van der Waals surface area (Å²) in [5, 5.41) is 2.94. The molecular weight excluding hydrogens is 260 g/mol. The van der Waals surface area contributed by atoms with Gasteiger partial charge in [0.15, 0.2) is 0 Å². The Kier molecular flexibility index (Phi) is 4.76. The fourth-order valence-electron chi connectivity index (χ4n) is 1.97. The van der Waals surface area contributed by atoms with Crippen molar-refractivity contribution in [3.05, 3.63) is 64.7 Å². The van der Waals surface area contributed by atoms with E-state index in [1.165, 1.54) is 0 Å². The van der Waals surface area contributed by atoms with Gasteiger partial charge in [-0.1, -0.05) is 30.0 Å². The molecule has 0 unspecified atom stereocenters. The van der Waals surface area contributed by atoms with Gasteiger partial charge in [-0.15, -0.1) is 0 Å². The van der Waals surface area contributed by atoms with Crippen molar-refractivity contribution in [3.63, 3.8) is 0 Å². The number of rotatable bonds is 2. The van der Waals surface area contributed by atoms with Gasteiger partial charge in [0.05, 0.1) is 6.54 Å². The van der Waals surface area contributed by atoms with Gasteiger partial charge in [-0.3, -0.25) is 4.79 Å². The number of hydrogen-bond donors (Lipinski definition) is 2. The van der Waals surface area contributed by atoms with Crippen LogP contribution in [0.25, 0.3) is 0 Å². The molecule has 0 radical (unpaired) electrons. The molecule has 0 aliphatic rings. The van der Waals surface area contributed by atoms with Crippen molar-refractivity contribution in [1.29, 1.82) is 0 Å². The predicted octanol–water partition coefficient (Wildman–Crippen LogP) is 2.87. The van der Waals surface area contributed by atoms with Gasteiger partial charge >= 0.3 is 0 Å². The van der Waals surface area contributed by atoms with E-state index in [-0.39, 0.29) is 5.91 Å². The zero-order valence-electron chi connectivity index (χ0n) is 12.2. The number of hydrogen-bond acceptors (Lipinski definition) is 2. The Labute approximate surface area is 125 Å². The van der Waals surface area contributed by atoms with E-state index >= 15 is 0 Å². The number of anilines is 1. The number of aryl methyl sites for hydroxylation is 1. The van der Waals surface area contributed by atoms with E-state index < -0.39 is 0 Å². The largest absolute Gasteiger partial charge is 0.322 e. The smallest absolute Gasteiger partial charge is 0.255 e. The fraction of sp³-hybridized carbons (Fsp3) is 0.167. The maximum absolute atomic E-state index is 12.3. The Morgan fingerprint density at radius 1 is 1.19 bits per heavy atom. The summed E-state index contributed by atoms with van der Waals surface area (Å²) in [7, 11) is 0. The quantitative estimate of drug-likeness (QED) is 0.830. The molecule has 106 valence electrons. The summed E-state index contributed by atoms with van der Waals surface area (Å²) in [5.74, 6) is 5.57. The van der Waals surface area contributed by atoms with Gasteiger partial charge in [0, 0.05) is 16.8 Å². The molecule has 2 aromatic rings. The van der Waals surface area contributed by atoms with E-state index in [9.17, 15) is 4.79 Å². The molecule has 0 saturated heterocycles. The summed E-state index contributed by atoms with van der Waals surface area (Å²) < 4.78 is 0. The van der Waals surface area contributed by atoms with Gasteiger partial charge < -0.3 is 11.1 Å². The van der Waals surface area contributed by atoms with Gasteiger partial charge in [-0.25, -0.2) is 0 Å². The van der Waals surface area contributed by atoms with Crippen LogP contribution in [0, 0.1) is 25.7 Å².